The normalized spacial score (nSPS) is 10.5. The number of carbonyl (C=O) groups is 1. The first-order valence-corrected chi connectivity index (χ1v) is 10.6. The van der Waals surface area contributed by atoms with E-state index in [9.17, 15) is 4.79 Å². The maximum Gasteiger partial charge on any atom is 0.262 e. The number of benzene rings is 3. The molecule has 0 aliphatic heterocycles. The Hall–Kier alpha value is -2.89. The van der Waals surface area contributed by atoms with Crippen molar-refractivity contribution in [2.24, 2.45) is 0 Å². The minimum absolute atomic E-state index is 0.116. The molecule has 0 bridgehead atoms. The number of halogens is 2. The van der Waals surface area contributed by atoms with Gasteiger partial charge in [0.15, 0.2) is 18.1 Å². The highest BCUT2D eigenvalue weighted by Gasteiger charge is 2.10. The summed E-state index contributed by atoms with van der Waals surface area (Å²) in [5, 5.41) is 7.12. The van der Waals surface area contributed by atoms with Gasteiger partial charge in [-0.1, -0.05) is 47.0 Å². The van der Waals surface area contributed by atoms with Gasteiger partial charge in [0.2, 0.25) is 0 Å². The van der Waals surface area contributed by atoms with E-state index in [1.54, 1.807) is 18.2 Å². The third-order valence-corrected chi connectivity index (χ3v) is 5.16. The van der Waals surface area contributed by atoms with Crippen molar-refractivity contribution >= 4 is 40.5 Å². The van der Waals surface area contributed by atoms with Crippen LogP contribution >= 0.6 is 23.2 Å². The highest BCUT2D eigenvalue weighted by molar-refractivity contribution is 6.42. The summed E-state index contributed by atoms with van der Waals surface area (Å²) in [6, 6.07) is 18.6. The van der Waals surface area contributed by atoms with Crippen molar-refractivity contribution in [1.82, 2.24) is 0 Å². The number of carbonyl (C=O) groups excluding carboxylic acids is 1. The second-order valence-corrected chi connectivity index (χ2v) is 7.71. The summed E-state index contributed by atoms with van der Waals surface area (Å²) in [5.74, 6) is 0.856. The number of aryl methyl sites for hydroxylation is 1. The third-order valence-electron chi connectivity index (χ3n) is 4.42. The Morgan fingerprint density at radius 2 is 1.61 bits per heavy atom. The van der Waals surface area contributed by atoms with Gasteiger partial charge in [-0.3, -0.25) is 4.79 Å². The van der Waals surface area contributed by atoms with Crippen LogP contribution in [-0.4, -0.2) is 19.1 Å². The van der Waals surface area contributed by atoms with Crippen LogP contribution in [-0.2, 0) is 11.3 Å². The Kier molecular flexibility index (Phi) is 8.04. The van der Waals surface area contributed by atoms with Crippen molar-refractivity contribution in [2.75, 3.05) is 23.8 Å². The molecule has 0 aliphatic carbocycles. The maximum absolute atomic E-state index is 12.2. The van der Waals surface area contributed by atoms with Crippen LogP contribution in [0.3, 0.4) is 0 Å². The average Bonchev–Trinajstić information content (AvgIpc) is 2.76. The Bertz CT molecular complexity index is 1040. The van der Waals surface area contributed by atoms with Gasteiger partial charge >= 0.3 is 0 Å². The quantitative estimate of drug-likeness (QED) is 0.393. The zero-order valence-electron chi connectivity index (χ0n) is 17.4. The molecular weight excluding hydrogens is 435 g/mol. The Morgan fingerprint density at radius 3 is 2.32 bits per heavy atom. The van der Waals surface area contributed by atoms with Crippen LogP contribution in [0.25, 0.3) is 0 Å². The molecule has 0 saturated carbocycles. The summed E-state index contributed by atoms with van der Waals surface area (Å²) in [6.07, 6.45) is 0. The predicted octanol–water partition coefficient (Wildman–Crippen LogP) is 6.33. The van der Waals surface area contributed by atoms with E-state index < -0.39 is 0 Å². The van der Waals surface area contributed by atoms with Gasteiger partial charge < -0.3 is 20.1 Å². The fourth-order valence-corrected chi connectivity index (χ4v) is 3.14. The highest BCUT2D eigenvalue weighted by atomic mass is 35.5. The third kappa shape index (κ3) is 6.81. The fourth-order valence-electron chi connectivity index (χ4n) is 2.84. The van der Waals surface area contributed by atoms with Gasteiger partial charge in [-0.15, -0.1) is 0 Å². The number of anilines is 2. The van der Waals surface area contributed by atoms with E-state index in [1.165, 1.54) is 0 Å². The topological polar surface area (TPSA) is 59.6 Å². The number of nitrogens with one attached hydrogen (secondary N) is 2. The van der Waals surface area contributed by atoms with E-state index in [4.69, 9.17) is 32.7 Å². The van der Waals surface area contributed by atoms with Crippen LogP contribution in [0.4, 0.5) is 11.4 Å². The molecule has 0 aliphatic rings. The van der Waals surface area contributed by atoms with Gasteiger partial charge in [0, 0.05) is 17.9 Å². The average molecular weight is 459 g/mol. The van der Waals surface area contributed by atoms with Crippen LogP contribution in [0.15, 0.2) is 60.7 Å². The molecule has 3 aromatic rings. The lowest BCUT2D eigenvalue weighted by Crippen LogP contribution is -2.20. The van der Waals surface area contributed by atoms with Crippen LogP contribution in [0, 0.1) is 6.92 Å². The van der Waals surface area contributed by atoms with Gasteiger partial charge in [0.25, 0.3) is 5.91 Å². The second kappa shape index (κ2) is 10.9. The standard InChI is InChI=1S/C24H24Cl2N2O3/c1-3-30-23-12-17(14-27-19-9-10-20(25)21(26)13-19)6-11-22(23)31-15-24(29)28-18-7-4-16(2)5-8-18/h4-13,27H,3,14-15H2,1-2H3,(H,28,29). The van der Waals surface area contributed by atoms with E-state index in [1.807, 2.05) is 56.3 Å². The molecule has 0 atom stereocenters. The zero-order valence-corrected chi connectivity index (χ0v) is 18.9. The second-order valence-electron chi connectivity index (χ2n) is 6.90. The number of rotatable bonds is 9. The molecule has 0 fully saturated rings. The van der Waals surface area contributed by atoms with Crippen molar-refractivity contribution in [3.8, 4) is 11.5 Å². The molecule has 162 valence electrons. The smallest absolute Gasteiger partial charge is 0.262 e. The monoisotopic (exact) mass is 458 g/mol. The number of hydrogen-bond donors (Lipinski definition) is 2. The number of ether oxygens (including phenoxy) is 2. The first-order chi connectivity index (χ1) is 14.9. The van der Waals surface area contributed by atoms with E-state index in [2.05, 4.69) is 10.6 Å². The summed E-state index contributed by atoms with van der Waals surface area (Å²) in [4.78, 5) is 12.2. The van der Waals surface area contributed by atoms with Crippen molar-refractivity contribution in [2.45, 2.75) is 20.4 Å². The van der Waals surface area contributed by atoms with Crippen LogP contribution < -0.4 is 20.1 Å². The molecule has 2 N–H and O–H groups in total. The first-order valence-electron chi connectivity index (χ1n) is 9.88. The summed E-state index contributed by atoms with van der Waals surface area (Å²) in [5.41, 5.74) is 3.71. The molecule has 0 radical (unpaired) electrons. The molecule has 1 amide bonds. The summed E-state index contributed by atoms with van der Waals surface area (Å²) in [6.45, 7) is 4.82. The molecule has 3 aromatic carbocycles. The van der Waals surface area contributed by atoms with E-state index in [0.29, 0.717) is 34.7 Å². The van der Waals surface area contributed by atoms with Gasteiger partial charge in [-0.05, 0) is 61.9 Å². The summed E-state index contributed by atoms with van der Waals surface area (Å²) in [7, 11) is 0. The Labute approximate surface area is 192 Å². The lowest BCUT2D eigenvalue weighted by molar-refractivity contribution is -0.118. The Morgan fingerprint density at radius 1 is 0.871 bits per heavy atom. The van der Waals surface area contributed by atoms with Crippen molar-refractivity contribution in [3.63, 3.8) is 0 Å². The molecule has 0 saturated heterocycles. The molecule has 7 heteroatoms. The lowest BCUT2D eigenvalue weighted by atomic mass is 10.2. The molecule has 3 rings (SSSR count). The first kappa shape index (κ1) is 22.8. The summed E-state index contributed by atoms with van der Waals surface area (Å²) < 4.78 is 11.4. The van der Waals surface area contributed by atoms with Crippen LogP contribution in [0.5, 0.6) is 11.5 Å². The predicted molar refractivity (Wildman–Crippen MR) is 127 cm³/mol. The fraction of sp³-hybridized carbons (Fsp3) is 0.208. The zero-order chi connectivity index (χ0) is 22.2. The molecule has 0 heterocycles. The maximum atomic E-state index is 12.2. The Balaban J connectivity index is 1.60. The van der Waals surface area contributed by atoms with Crippen molar-refractivity contribution in [1.29, 1.82) is 0 Å². The van der Waals surface area contributed by atoms with Crippen LogP contribution in [0.1, 0.15) is 18.1 Å². The van der Waals surface area contributed by atoms with E-state index >= 15 is 0 Å². The molecule has 31 heavy (non-hydrogen) atoms. The highest BCUT2D eigenvalue weighted by Crippen LogP contribution is 2.30. The molecular formula is C24H24Cl2N2O3. The molecule has 5 nitrogen and oxygen atoms in total. The van der Waals surface area contributed by atoms with Crippen molar-refractivity contribution < 1.29 is 14.3 Å². The van der Waals surface area contributed by atoms with Crippen LogP contribution in [0.2, 0.25) is 10.0 Å². The number of hydrogen-bond acceptors (Lipinski definition) is 4. The van der Waals surface area contributed by atoms with Gasteiger partial charge in [-0.2, -0.15) is 0 Å². The van der Waals surface area contributed by atoms with Gasteiger partial charge in [-0.25, -0.2) is 0 Å². The molecule has 0 unspecified atom stereocenters. The SMILES string of the molecule is CCOc1cc(CNc2ccc(Cl)c(Cl)c2)ccc1OCC(=O)Nc1ccc(C)cc1. The van der Waals surface area contributed by atoms with E-state index in [0.717, 1.165) is 22.5 Å². The minimum Gasteiger partial charge on any atom is -0.490 e. The van der Waals surface area contributed by atoms with Crippen molar-refractivity contribution in [3.05, 3.63) is 81.8 Å². The largest absolute Gasteiger partial charge is 0.490 e. The minimum atomic E-state index is -0.239. The molecule has 0 spiro atoms. The lowest BCUT2D eigenvalue weighted by Gasteiger charge is -2.14. The van der Waals surface area contributed by atoms with Gasteiger partial charge in [0.1, 0.15) is 0 Å². The van der Waals surface area contributed by atoms with E-state index in [-0.39, 0.29) is 12.5 Å². The molecule has 0 aromatic heterocycles. The van der Waals surface area contributed by atoms with Gasteiger partial charge in [0.05, 0.1) is 16.7 Å². The summed E-state index contributed by atoms with van der Waals surface area (Å²) >= 11 is 12.0. The number of amides is 1.